The topological polar surface area (TPSA) is 66.5 Å². The number of likely N-dealkylation sites (tertiary alicyclic amines) is 1. The molecule has 112 valence electrons. The SMILES string of the molecule is Cc1cccc(CC(=O)NCCCN2C(=O)CCC2=O)c1. The van der Waals surface area contributed by atoms with E-state index in [4.69, 9.17) is 0 Å². The molecular weight excluding hydrogens is 268 g/mol. The number of hydrogen-bond donors (Lipinski definition) is 1. The Morgan fingerprint density at radius 2 is 1.95 bits per heavy atom. The van der Waals surface area contributed by atoms with Crippen molar-refractivity contribution in [1.29, 1.82) is 0 Å². The summed E-state index contributed by atoms with van der Waals surface area (Å²) in [6, 6.07) is 7.84. The zero-order valence-electron chi connectivity index (χ0n) is 12.2. The predicted molar refractivity (Wildman–Crippen MR) is 78.5 cm³/mol. The van der Waals surface area contributed by atoms with E-state index in [9.17, 15) is 14.4 Å². The van der Waals surface area contributed by atoms with Crippen molar-refractivity contribution >= 4 is 17.7 Å². The van der Waals surface area contributed by atoms with Crippen LogP contribution in [0.5, 0.6) is 0 Å². The molecule has 1 saturated heterocycles. The van der Waals surface area contributed by atoms with Gasteiger partial charge >= 0.3 is 0 Å². The summed E-state index contributed by atoms with van der Waals surface area (Å²) in [5.41, 5.74) is 2.11. The van der Waals surface area contributed by atoms with Crippen molar-refractivity contribution in [1.82, 2.24) is 10.2 Å². The number of imide groups is 1. The van der Waals surface area contributed by atoms with Crippen LogP contribution in [-0.2, 0) is 20.8 Å². The van der Waals surface area contributed by atoms with Gasteiger partial charge in [-0.15, -0.1) is 0 Å². The Bertz CT molecular complexity index is 538. The van der Waals surface area contributed by atoms with E-state index >= 15 is 0 Å². The smallest absolute Gasteiger partial charge is 0.229 e. The molecule has 1 aromatic carbocycles. The number of carbonyl (C=O) groups excluding carboxylic acids is 3. The second kappa shape index (κ2) is 7.02. The number of nitrogens with one attached hydrogen (secondary N) is 1. The standard InChI is InChI=1S/C16H20N2O3/c1-12-4-2-5-13(10-12)11-14(19)17-8-3-9-18-15(20)6-7-16(18)21/h2,4-5,10H,3,6-9,11H2,1H3,(H,17,19). The zero-order valence-corrected chi connectivity index (χ0v) is 12.2. The highest BCUT2D eigenvalue weighted by Gasteiger charge is 2.27. The maximum Gasteiger partial charge on any atom is 0.229 e. The summed E-state index contributed by atoms with van der Waals surface area (Å²) in [5.74, 6) is -0.253. The Labute approximate surface area is 124 Å². The Balaban J connectivity index is 1.68. The van der Waals surface area contributed by atoms with Gasteiger partial charge in [0.05, 0.1) is 6.42 Å². The third-order valence-corrected chi connectivity index (χ3v) is 3.48. The second-order valence-corrected chi connectivity index (χ2v) is 5.31. The van der Waals surface area contributed by atoms with Gasteiger partial charge in [0, 0.05) is 25.9 Å². The third kappa shape index (κ3) is 4.41. The first-order chi connectivity index (χ1) is 10.1. The molecule has 0 spiro atoms. The van der Waals surface area contributed by atoms with Gasteiger partial charge in [-0.25, -0.2) is 0 Å². The van der Waals surface area contributed by atoms with Crippen molar-refractivity contribution in [2.75, 3.05) is 13.1 Å². The quantitative estimate of drug-likeness (QED) is 0.631. The summed E-state index contributed by atoms with van der Waals surface area (Å²) < 4.78 is 0. The Kier molecular flexibility index (Phi) is 5.09. The second-order valence-electron chi connectivity index (χ2n) is 5.31. The molecule has 0 atom stereocenters. The van der Waals surface area contributed by atoms with Crippen LogP contribution in [0.15, 0.2) is 24.3 Å². The van der Waals surface area contributed by atoms with Crippen molar-refractivity contribution < 1.29 is 14.4 Å². The van der Waals surface area contributed by atoms with E-state index in [0.717, 1.165) is 11.1 Å². The molecule has 1 N–H and O–H groups in total. The van der Waals surface area contributed by atoms with E-state index in [-0.39, 0.29) is 17.7 Å². The summed E-state index contributed by atoms with van der Waals surface area (Å²) in [6.07, 6.45) is 1.58. The Morgan fingerprint density at radius 3 is 2.62 bits per heavy atom. The van der Waals surface area contributed by atoms with Crippen molar-refractivity contribution in [3.05, 3.63) is 35.4 Å². The summed E-state index contributed by atoms with van der Waals surface area (Å²) in [5, 5.41) is 2.82. The van der Waals surface area contributed by atoms with Crippen molar-refractivity contribution in [3.8, 4) is 0 Å². The lowest BCUT2D eigenvalue weighted by Crippen LogP contribution is -2.33. The first-order valence-electron chi connectivity index (χ1n) is 7.21. The van der Waals surface area contributed by atoms with E-state index in [1.54, 1.807) is 0 Å². The van der Waals surface area contributed by atoms with Gasteiger partial charge in [0.2, 0.25) is 17.7 Å². The number of amides is 3. The maximum atomic E-state index is 11.8. The van der Waals surface area contributed by atoms with Gasteiger partial charge in [-0.2, -0.15) is 0 Å². The average molecular weight is 288 g/mol. The molecule has 21 heavy (non-hydrogen) atoms. The van der Waals surface area contributed by atoms with Crippen LogP contribution < -0.4 is 5.32 Å². The lowest BCUT2D eigenvalue weighted by molar-refractivity contribution is -0.138. The summed E-state index contributed by atoms with van der Waals surface area (Å²) >= 11 is 0. The molecule has 1 aliphatic rings. The van der Waals surface area contributed by atoms with Gasteiger partial charge < -0.3 is 5.32 Å². The Morgan fingerprint density at radius 1 is 1.24 bits per heavy atom. The molecule has 0 saturated carbocycles. The molecule has 0 aromatic heterocycles. The minimum Gasteiger partial charge on any atom is -0.356 e. The molecule has 5 heteroatoms. The summed E-state index contributed by atoms with van der Waals surface area (Å²) in [4.78, 5) is 35.9. The van der Waals surface area contributed by atoms with Crippen LogP contribution in [0.3, 0.4) is 0 Å². The third-order valence-electron chi connectivity index (χ3n) is 3.48. The van der Waals surface area contributed by atoms with E-state index in [1.165, 1.54) is 4.90 Å². The highest BCUT2D eigenvalue weighted by atomic mass is 16.2. The lowest BCUT2D eigenvalue weighted by Gasteiger charge is -2.13. The van der Waals surface area contributed by atoms with Crippen LogP contribution in [0.25, 0.3) is 0 Å². The fourth-order valence-electron chi connectivity index (χ4n) is 2.41. The number of nitrogens with zero attached hydrogens (tertiary/aromatic N) is 1. The molecule has 2 rings (SSSR count). The van der Waals surface area contributed by atoms with Crippen LogP contribution >= 0.6 is 0 Å². The lowest BCUT2D eigenvalue weighted by atomic mass is 10.1. The zero-order chi connectivity index (χ0) is 15.2. The number of aryl methyl sites for hydroxylation is 1. The molecule has 1 aromatic rings. The van der Waals surface area contributed by atoms with E-state index < -0.39 is 0 Å². The van der Waals surface area contributed by atoms with E-state index in [2.05, 4.69) is 5.32 Å². The minimum absolute atomic E-state index is 0.0420. The summed E-state index contributed by atoms with van der Waals surface area (Å²) in [7, 11) is 0. The molecule has 0 bridgehead atoms. The van der Waals surface area contributed by atoms with Gasteiger partial charge in [0.15, 0.2) is 0 Å². The van der Waals surface area contributed by atoms with Gasteiger partial charge in [0.1, 0.15) is 0 Å². The largest absolute Gasteiger partial charge is 0.356 e. The van der Waals surface area contributed by atoms with Gasteiger partial charge in [-0.1, -0.05) is 29.8 Å². The van der Waals surface area contributed by atoms with E-state index in [0.29, 0.717) is 38.8 Å². The fraction of sp³-hybridized carbons (Fsp3) is 0.438. The maximum absolute atomic E-state index is 11.8. The first-order valence-corrected chi connectivity index (χ1v) is 7.21. The van der Waals surface area contributed by atoms with Crippen LogP contribution in [0.2, 0.25) is 0 Å². The number of carbonyl (C=O) groups is 3. The number of benzene rings is 1. The van der Waals surface area contributed by atoms with Crippen LogP contribution in [0.4, 0.5) is 0 Å². The molecular formula is C16H20N2O3. The highest BCUT2D eigenvalue weighted by Crippen LogP contribution is 2.11. The monoisotopic (exact) mass is 288 g/mol. The molecule has 0 unspecified atom stereocenters. The predicted octanol–water partition coefficient (Wildman–Crippen LogP) is 1.19. The minimum atomic E-state index is -0.105. The number of hydrogen-bond acceptors (Lipinski definition) is 3. The molecule has 1 fully saturated rings. The van der Waals surface area contributed by atoms with Gasteiger partial charge in [-0.3, -0.25) is 19.3 Å². The average Bonchev–Trinajstić information content (AvgIpc) is 2.75. The van der Waals surface area contributed by atoms with Crippen LogP contribution in [0, 0.1) is 6.92 Å². The first kappa shape index (κ1) is 15.2. The highest BCUT2D eigenvalue weighted by molar-refractivity contribution is 6.01. The molecule has 0 radical (unpaired) electrons. The molecule has 5 nitrogen and oxygen atoms in total. The summed E-state index contributed by atoms with van der Waals surface area (Å²) in [6.45, 7) is 2.86. The molecule has 3 amide bonds. The van der Waals surface area contributed by atoms with Gasteiger partial charge in [-0.05, 0) is 18.9 Å². The van der Waals surface area contributed by atoms with Crippen LogP contribution in [0.1, 0.15) is 30.4 Å². The van der Waals surface area contributed by atoms with Crippen molar-refractivity contribution in [2.45, 2.75) is 32.6 Å². The van der Waals surface area contributed by atoms with Crippen LogP contribution in [-0.4, -0.2) is 35.7 Å². The number of rotatable bonds is 6. The molecule has 0 aliphatic carbocycles. The van der Waals surface area contributed by atoms with Crippen molar-refractivity contribution in [2.24, 2.45) is 0 Å². The molecule has 1 heterocycles. The molecule has 1 aliphatic heterocycles. The normalized spacial score (nSPS) is 14.6. The van der Waals surface area contributed by atoms with Gasteiger partial charge in [0.25, 0.3) is 0 Å². The fourth-order valence-corrected chi connectivity index (χ4v) is 2.41. The van der Waals surface area contributed by atoms with E-state index in [1.807, 2.05) is 31.2 Å². The Hall–Kier alpha value is -2.17. The van der Waals surface area contributed by atoms with Crippen molar-refractivity contribution in [3.63, 3.8) is 0 Å².